The van der Waals surface area contributed by atoms with Crippen molar-refractivity contribution in [2.24, 2.45) is 5.73 Å². The van der Waals surface area contributed by atoms with Gasteiger partial charge in [0.05, 0.1) is 11.9 Å². The van der Waals surface area contributed by atoms with Crippen molar-refractivity contribution in [1.29, 1.82) is 0 Å². The van der Waals surface area contributed by atoms with Crippen molar-refractivity contribution in [3.05, 3.63) is 22.6 Å². The highest BCUT2D eigenvalue weighted by Crippen LogP contribution is 2.05. The molecule has 0 saturated heterocycles. The van der Waals surface area contributed by atoms with Crippen molar-refractivity contribution < 1.29 is 4.79 Å². The lowest BCUT2D eigenvalue weighted by atomic mass is 10.4. The van der Waals surface area contributed by atoms with E-state index < -0.39 is 0 Å². The minimum atomic E-state index is -0.298. The van der Waals surface area contributed by atoms with Crippen LogP contribution in [0, 0.1) is 0 Å². The molecule has 0 aliphatic heterocycles. The first kappa shape index (κ1) is 15.2. The maximum Gasteiger partial charge on any atom is 0.269 e. The van der Waals surface area contributed by atoms with E-state index in [9.17, 15) is 9.59 Å². The third-order valence-corrected chi connectivity index (χ3v) is 2.63. The predicted octanol–water partition coefficient (Wildman–Crippen LogP) is -0.836. The van der Waals surface area contributed by atoms with Crippen LogP contribution in [-0.2, 0) is 11.3 Å². The zero-order chi connectivity index (χ0) is 14.3. The van der Waals surface area contributed by atoms with Crippen LogP contribution in [0.1, 0.15) is 13.3 Å². The largest absolute Gasteiger partial charge is 0.372 e. The molecule has 1 rings (SSSR count). The standard InChI is InChI=1S/C12H21N5O2/c1-3-5-14-11(18)9-17-12(19)7-10(8-15-17)16(2)6-4-13/h7-8H,3-6,9,13H2,1-2H3,(H,14,18). The molecule has 0 unspecified atom stereocenters. The molecule has 0 spiro atoms. The third kappa shape index (κ3) is 4.70. The number of carbonyl (C=O) groups excluding carboxylic acids is 1. The van der Waals surface area contributed by atoms with Gasteiger partial charge in [0, 0.05) is 32.7 Å². The highest BCUT2D eigenvalue weighted by molar-refractivity contribution is 5.75. The molecule has 3 N–H and O–H groups in total. The SMILES string of the molecule is CCCNC(=O)Cn1ncc(N(C)CCN)cc1=O. The van der Waals surface area contributed by atoms with E-state index in [1.165, 1.54) is 6.07 Å². The number of rotatable bonds is 7. The van der Waals surface area contributed by atoms with Crippen molar-refractivity contribution >= 4 is 11.6 Å². The number of hydrogen-bond acceptors (Lipinski definition) is 5. The minimum Gasteiger partial charge on any atom is -0.372 e. The highest BCUT2D eigenvalue weighted by Gasteiger charge is 2.07. The summed E-state index contributed by atoms with van der Waals surface area (Å²) in [6.45, 7) is 3.65. The Balaban J connectivity index is 2.72. The van der Waals surface area contributed by atoms with Crippen LogP contribution >= 0.6 is 0 Å². The number of nitrogens with two attached hydrogens (primary N) is 1. The van der Waals surface area contributed by atoms with Crippen LogP contribution in [0.4, 0.5) is 5.69 Å². The second-order valence-electron chi connectivity index (χ2n) is 4.27. The number of hydrogen-bond donors (Lipinski definition) is 2. The molecular weight excluding hydrogens is 246 g/mol. The van der Waals surface area contributed by atoms with Gasteiger partial charge in [-0.05, 0) is 6.42 Å². The summed E-state index contributed by atoms with van der Waals surface area (Å²) in [5, 5.41) is 6.69. The van der Waals surface area contributed by atoms with Crippen LogP contribution in [0.2, 0.25) is 0 Å². The number of carbonyl (C=O) groups is 1. The summed E-state index contributed by atoms with van der Waals surface area (Å²) < 4.78 is 1.14. The molecule has 0 bridgehead atoms. The summed E-state index contributed by atoms with van der Waals surface area (Å²) >= 11 is 0. The molecule has 1 heterocycles. The Labute approximate surface area is 112 Å². The zero-order valence-corrected chi connectivity index (χ0v) is 11.4. The number of nitrogens with one attached hydrogen (secondary N) is 1. The van der Waals surface area contributed by atoms with Crippen LogP contribution in [-0.4, -0.2) is 42.4 Å². The number of nitrogens with zero attached hydrogens (tertiary/aromatic N) is 3. The first-order valence-corrected chi connectivity index (χ1v) is 6.33. The average Bonchev–Trinajstić information content (AvgIpc) is 2.39. The number of likely N-dealkylation sites (N-methyl/N-ethyl adjacent to an activating group) is 1. The molecule has 1 amide bonds. The van der Waals surface area contributed by atoms with Crippen LogP contribution < -0.4 is 21.5 Å². The zero-order valence-electron chi connectivity index (χ0n) is 11.4. The summed E-state index contributed by atoms with van der Waals surface area (Å²) in [7, 11) is 1.83. The average molecular weight is 267 g/mol. The quantitative estimate of drug-likeness (QED) is 0.672. The molecule has 1 aromatic rings. The lowest BCUT2D eigenvalue weighted by Crippen LogP contribution is -2.34. The summed E-state index contributed by atoms with van der Waals surface area (Å²) in [5.74, 6) is -0.209. The van der Waals surface area contributed by atoms with Gasteiger partial charge in [0.1, 0.15) is 6.54 Å². The Morgan fingerprint density at radius 3 is 2.89 bits per heavy atom. The van der Waals surface area contributed by atoms with E-state index >= 15 is 0 Å². The Hall–Kier alpha value is -1.89. The van der Waals surface area contributed by atoms with Crippen LogP contribution in [0.15, 0.2) is 17.1 Å². The molecule has 106 valence electrons. The van der Waals surface area contributed by atoms with Gasteiger partial charge in [-0.2, -0.15) is 5.10 Å². The first-order chi connectivity index (χ1) is 9.08. The normalized spacial score (nSPS) is 10.3. The lowest BCUT2D eigenvalue weighted by molar-refractivity contribution is -0.121. The monoisotopic (exact) mass is 267 g/mol. The number of anilines is 1. The Bertz CT molecular complexity index is 471. The van der Waals surface area contributed by atoms with Gasteiger partial charge in [0.25, 0.3) is 5.56 Å². The number of aromatic nitrogens is 2. The first-order valence-electron chi connectivity index (χ1n) is 6.33. The van der Waals surface area contributed by atoms with E-state index in [0.29, 0.717) is 25.3 Å². The van der Waals surface area contributed by atoms with Gasteiger partial charge in [0.15, 0.2) is 0 Å². The molecular formula is C12H21N5O2. The second kappa shape index (κ2) is 7.52. The van der Waals surface area contributed by atoms with Crippen molar-refractivity contribution in [1.82, 2.24) is 15.1 Å². The topological polar surface area (TPSA) is 93.2 Å². The second-order valence-corrected chi connectivity index (χ2v) is 4.27. The molecule has 0 fully saturated rings. The molecule has 0 aliphatic carbocycles. The molecule has 0 aromatic carbocycles. The van der Waals surface area contributed by atoms with Crippen LogP contribution in [0.5, 0.6) is 0 Å². The maximum atomic E-state index is 11.8. The third-order valence-electron chi connectivity index (χ3n) is 2.63. The van der Waals surface area contributed by atoms with Crippen molar-refractivity contribution in [2.75, 3.05) is 31.6 Å². The van der Waals surface area contributed by atoms with Gasteiger partial charge in [0.2, 0.25) is 5.91 Å². The van der Waals surface area contributed by atoms with Gasteiger partial charge < -0.3 is 16.0 Å². The minimum absolute atomic E-state index is 0.0558. The van der Waals surface area contributed by atoms with Crippen LogP contribution in [0.3, 0.4) is 0 Å². The molecule has 0 aliphatic rings. The number of amides is 1. The van der Waals surface area contributed by atoms with E-state index in [1.54, 1.807) is 6.20 Å². The van der Waals surface area contributed by atoms with E-state index in [1.807, 2.05) is 18.9 Å². The van der Waals surface area contributed by atoms with Gasteiger partial charge in [-0.25, -0.2) is 4.68 Å². The Kier molecular flexibility index (Phi) is 6.01. The van der Waals surface area contributed by atoms with Gasteiger partial charge in [-0.15, -0.1) is 0 Å². The molecule has 0 atom stereocenters. The maximum absolute atomic E-state index is 11.8. The predicted molar refractivity (Wildman–Crippen MR) is 74.1 cm³/mol. The summed E-state index contributed by atoms with van der Waals surface area (Å²) in [6.07, 6.45) is 2.42. The Morgan fingerprint density at radius 1 is 1.58 bits per heavy atom. The van der Waals surface area contributed by atoms with Crippen LogP contribution in [0.25, 0.3) is 0 Å². The van der Waals surface area contributed by atoms with Crippen molar-refractivity contribution in [3.8, 4) is 0 Å². The van der Waals surface area contributed by atoms with Gasteiger partial charge >= 0.3 is 0 Å². The van der Waals surface area contributed by atoms with Gasteiger partial charge in [-0.1, -0.05) is 6.92 Å². The Morgan fingerprint density at radius 2 is 2.32 bits per heavy atom. The molecule has 1 aromatic heterocycles. The summed E-state index contributed by atoms with van der Waals surface area (Å²) in [6, 6.07) is 1.45. The molecule has 19 heavy (non-hydrogen) atoms. The summed E-state index contributed by atoms with van der Waals surface area (Å²) in [4.78, 5) is 25.2. The summed E-state index contributed by atoms with van der Waals surface area (Å²) in [5.41, 5.74) is 5.85. The van der Waals surface area contributed by atoms with E-state index in [2.05, 4.69) is 10.4 Å². The van der Waals surface area contributed by atoms with Crippen molar-refractivity contribution in [3.63, 3.8) is 0 Å². The fourth-order valence-electron chi connectivity index (χ4n) is 1.53. The van der Waals surface area contributed by atoms with E-state index in [-0.39, 0.29) is 18.0 Å². The molecule has 0 radical (unpaired) electrons. The molecule has 7 nitrogen and oxygen atoms in total. The van der Waals surface area contributed by atoms with E-state index in [4.69, 9.17) is 5.73 Å². The van der Waals surface area contributed by atoms with Crippen molar-refractivity contribution in [2.45, 2.75) is 19.9 Å². The molecule has 0 saturated carbocycles. The fourth-order valence-corrected chi connectivity index (χ4v) is 1.53. The van der Waals surface area contributed by atoms with E-state index in [0.717, 1.165) is 11.1 Å². The highest BCUT2D eigenvalue weighted by atomic mass is 16.2. The smallest absolute Gasteiger partial charge is 0.269 e. The fraction of sp³-hybridized carbons (Fsp3) is 0.583. The molecule has 7 heteroatoms. The lowest BCUT2D eigenvalue weighted by Gasteiger charge is -2.17. The van der Waals surface area contributed by atoms with Gasteiger partial charge in [-0.3, -0.25) is 9.59 Å².